The monoisotopic (exact) mass is 724 g/mol. The molecule has 0 saturated heterocycles. The molecule has 6 aromatic carbocycles. The van der Waals surface area contributed by atoms with E-state index in [9.17, 15) is 0 Å². The molecule has 1 heterocycles. The van der Waals surface area contributed by atoms with E-state index >= 15 is 0 Å². The van der Waals surface area contributed by atoms with Crippen molar-refractivity contribution in [1.82, 2.24) is 0 Å². The molecule has 3 aliphatic rings. The molecule has 0 bridgehead atoms. The fourth-order valence-corrected chi connectivity index (χ4v) is 9.55. The van der Waals surface area contributed by atoms with Crippen molar-refractivity contribution >= 4 is 50.1 Å². The van der Waals surface area contributed by atoms with Crippen molar-refractivity contribution in [3.05, 3.63) is 214 Å². The first kappa shape index (κ1) is 34.1. The van der Waals surface area contributed by atoms with E-state index < -0.39 is 0 Å². The summed E-state index contributed by atoms with van der Waals surface area (Å²) >= 11 is 0. The third kappa shape index (κ3) is 6.14. The molecule has 7 aromatic rings. The molecule has 0 saturated carbocycles. The summed E-state index contributed by atoms with van der Waals surface area (Å²) in [5.41, 5.74) is 20.7. The molecule has 0 aliphatic heterocycles. The van der Waals surface area contributed by atoms with Crippen LogP contribution in [0, 0.1) is 11.8 Å². The maximum absolute atomic E-state index is 7.02. The molecule has 3 heteroatoms. The predicted molar refractivity (Wildman–Crippen MR) is 233 cm³/mol. The van der Waals surface area contributed by atoms with Crippen LogP contribution in [0.3, 0.4) is 0 Å². The van der Waals surface area contributed by atoms with E-state index in [-0.39, 0.29) is 6.04 Å². The van der Waals surface area contributed by atoms with Crippen molar-refractivity contribution in [2.75, 3.05) is 0 Å². The van der Waals surface area contributed by atoms with Crippen LogP contribution in [0.4, 0.5) is 0 Å². The van der Waals surface area contributed by atoms with Crippen molar-refractivity contribution in [3.63, 3.8) is 0 Å². The minimum Gasteiger partial charge on any atom is -0.456 e. The van der Waals surface area contributed by atoms with Crippen LogP contribution in [0.15, 0.2) is 185 Å². The zero-order valence-corrected chi connectivity index (χ0v) is 31.6. The van der Waals surface area contributed by atoms with Crippen LogP contribution in [-0.2, 0) is 0 Å². The number of hydrogen-bond acceptors (Lipinski definition) is 3. The van der Waals surface area contributed by atoms with E-state index in [1.165, 1.54) is 54.6 Å². The quantitative estimate of drug-likeness (QED) is 0.166. The van der Waals surface area contributed by atoms with Crippen molar-refractivity contribution in [2.24, 2.45) is 22.6 Å². The maximum Gasteiger partial charge on any atom is 0.136 e. The molecule has 0 amide bonds. The van der Waals surface area contributed by atoms with E-state index in [2.05, 4.69) is 165 Å². The van der Waals surface area contributed by atoms with Crippen LogP contribution < -0.4 is 16.2 Å². The summed E-state index contributed by atoms with van der Waals surface area (Å²) in [6.07, 6.45) is 12.5. The Morgan fingerprint density at radius 1 is 0.696 bits per heavy atom. The van der Waals surface area contributed by atoms with E-state index in [1.54, 1.807) is 0 Å². The van der Waals surface area contributed by atoms with E-state index in [1.807, 2.05) is 18.2 Å². The average Bonchev–Trinajstić information content (AvgIpc) is 3.64. The number of para-hydroxylation sites is 1. The molecule has 0 spiro atoms. The molecule has 4 unspecified atom stereocenters. The Morgan fingerprint density at radius 3 is 2.25 bits per heavy atom. The second kappa shape index (κ2) is 14.3. The van der Waals surface area contributed by atoms with Gasteiger partial charge in [0.15, 0.2) is 0 Å². The number of fused-ring (bicyclic) bond motifs is 7. The topological polar surface area (TPSA) is 51.5 Å². The highest BCUT2D eigenvalue weighted by Crippen LogP contribution is 2.50. The molecule has 3 aliphatic carbocycles. The number of nitrogens with two attached hydrogens (primary N) is 1. The van der Waals surface area contributed by atoms with Crippen LogP contribution >= 0.6 is 0 Å². The number of aliphatic imine (C=N–C) groups is 1. The summed E-state index contributed by atoms with van der Waals surface area (Å²) in [5, 5.41) is 5.08. The SMILES string of the molecule is CC(N=C(/C=C(\N)c1cccc(C2CC=CC3=c4ccccc4=C4C=C(c5ccc6c(c5)oc5ccccc56)CCC4C32)c1)c1ccccc1)c1ccccc1. The van der Waals surface area contributed by atoms with Crippen molar-refractivity contribution in [2.45, 2.75) is 38.1 Å². The van der Waals surface area contributed by atoms with E-state index in [0.29, 0.717) is 17.8 Å². The lowest BCUT2D eigenvalue weighted by Gasteiger charge is -2.42. The average molecular weight is 725 g/mol. The fourth-order valence-electron chi connectivity index (χ4n) is 9.55. The largest absolute Gasteiger partial charge is 0.456 e. The number of benzene rings is 6. The van der Waals surface area contributed by atoms with Crippen LogP contribution in [-0.4, -0.2) is 5.71 Å². The van der Waals surface area contributed by atoms with Gasteiger partial charge in [-0.3, -0.25) is 4.99 Å². The molecule has 1 aromatic heterocycles. The van der Waals surface area contributed by atoms with Gasteiger partial charge in [0.1, 0.15) is 11.2 Å². The zero-order valence-electron chi connectivity index (χ0n) is 31.6. The second-order valence-corrected chi connectivity index (χ2v) is 15.5. The second-order valence-electron chi connectivity index (χ2n) is 15.5. The molecule has 272 valence electrons. The Labute approximate surface area is 328 Å². The molecule has 3 nitrogen and oxygen atoms in total. The number of allylic oxidation sites excluding steroid dienone is 5. The minimum atomic E-state index is -0.0115. The summed E-state index contributed by atoms with van der Waals surface area (Å²) in [6.45, 7) is 2.14. The summed E-state index contributed by atoms with van der Waals surface area (Å²) < 4.78 is 6.32. The van der Waals surface area contributed by atoms with Crippen molar-refractivity contribution < 1.29 is 4.42 Å². The lowest BCUT2D eigenvalue weighted by atomic mass is 9.61. The van der Waals surface area contributed by atoms with Crippen LogP contribution in [0.5, 0.6) is 0 Å². The number of nitrogens with zero attached hydrogens (tertiary/aromatic N) is 1. The Hall–Kier alpha value is -6.45. The molecule has 0 radical (unpaired) electrons. The van der Waals surface area contributed by atoms with Crippen LogP contribution in [0.25, 0.3) is 44.4 Å². The first-order valence-corrected chi connectivity index (χ1v) is 20.0. The van der Waals surface area contributed by atoms with Gasteiger partial charge in [-0.05, 0) is 129 Å². The summed E-state index contributed by atoms with van der Waals surface area (Å²) in [5.74, 6) is 1.12. The number of rotatable bonds is 7. The lowest BCUT2D eigenvalue weighted by Crippen LogP contribution is -2.42. The van der Waals surface area contributed by atoms with Crippen molar-refractivity contribution in [1.29, 1.82) is 0 Å². The Morgan fingerprint density at radius 2 is 1.41 bits per heavy atom. The minimum absolute atomic E-state index is 0.0115. The Kier molecular flexibility index (Phi) is 8.71. The van der Waals surface area contributed by atoms with Gasteiger partial charge in [-0.2, -0.15) is 0 Å². The third-order valence-corrected chi connectivity index (χ3v) is 12.3. The number of furan rings is 1. The Bertz CT molecular complexity index is 2870. The van der Waals surface area contributed by atoms with Gasteiger partial charge in [0.05, 0.1) is 11.8 Å². The summed E-state index contributed by atoms with van der Waals surface area (Å²) in [7, 11) is 0. The highest BCUT2D eigenvalue weighted by atomic mass is 16.3. The molecule has 0 fully saturated rings. The van der Waals surface area contributed by atoms with Crippen LogP contribution in [0.2, 0.25) is 0 Å². The van der Waals surface area contributed by atoms with Crippen LogP contribution in [0.1, 0.15) is 66.0 Å². The third-order valence-electron chi connectivity index (χ3n) is 12.3. The normalized spacial score (nSPS) is 20.0. The van der Waals surface area contributed by atoms with Gasteiger partial charge in [0.2, 0.25) is 0 Å². The van der Waals surface area contributed by atoms with E-state index in [0.717, 1.165) is 53.0 Å². The molecular formula is C53H44N2O. The first-order chi connectivity index (χ1) is 27.6. The smallest absolute Gasteiger partial charge is 0.136 e. The summed E-state index contributed by atoms with van der Waals surface area (Å²) in [6, 6.07) is 53.9. The van der Waals surface area contributed by atoms with Gasteiger partial charge >= 0.3 is 0 Å². The van der Waals surface area contributed by atoms with Gasteiger partial charge < -0.3 is 10.2 Å². The van der Waals surface area contributed by atoms with Gasteiger partial charge in [0, 0.05) is 16.5 Å². The first-order valence-electron chi connectivity index (χ1n) is 20.0. The molecular weight excluding hydrogens is 681 g/mol. The molecule has 10 rings (SSSR count). The Balaban J connectivity index is 1.02. The van der Waals surface area contributed by atoms with Gasteiger partial charge in [-0.1, -0.05) is 146 Å². The molecule has 4 atom stereocenters. The number of hydrogen-bond donors (Lipinski definition) is 1. The highest BCUT2D eigenvalue weighted by molar-refractivity contribution is 6.12. The highest BCUT2D eigenvalue weighted by Gasteiger charge is 2.39. The summed E-state index contributed by atoms with van der Waals surface area (Å²) in [4.78, 5) is 5.20. The fraction of sp³-hybridized carbons (Fsp3) is 0.151. The molecule has 2 N–H and O–H groups in total. The zero-order chi connectivity index (χ0) is 37.6. The standard InChI is InChI=1S/C53H44N2O/c1-34(35-14-4-2-5-15-35)55-50(36-16-6-3-7-17-36)33-49(54)40-19-12-18-39(30-40)41-23-13-24-46-42-20-8-9-21-43(42)48-31-37(27-29-47(48)53(41)46)38-26-28-45-44-22-10-11-25-51(44)56-52(45)32-38/h2-22,24-26,28,30-34,41,47,53H,23,27,29,54H2,1H3/b49-33-,55-50?. The lowest BCUT2D eigenvalue weighted by molar-refractivity contribution is 0.389. The van der Waals surface area contributed by atoms with Gasteiger partial charge in [-0.15, -0.1) is 0 Å². The predicted octanol–water partition coefficient (Wildman–Crippen LogP) is 11.3. The van der Waals surface area contributed by atoms with E-state index in [4.69, 9.17) is 15.1 Å². The van der Waals surface area contributed by atoms with Gasteiger partial charge in [0.25, 0.3) is 0 Å². The van der Waals surface area contributed by atoms with Crippen molar-refractivity contribution in [3.8, 4) is 0 Å². The molecule has 56 heavy (non-hydrogen) atoms. The maximum atomic E-state index is 7.02. The van der Waals surface area contributed by atoms with Gasteiger partial charge in [-0.25, -0.2) is 0 Å².